The summed E-state index contributed by atoms with van der Waals surface area (Å²) in [6.45, 7) is 1.37. The molecule has 1 aromatic heterocycles. The monoisotopic (exact) mass is 292 g/mol. The number of carbonyl (C=O) groups excluding carboxylic acids is 1. The van der Waals surface area contributed by atoms with Gasteiger partial charge in [0.15, 0.2) is 0 Å². The summed E-state index contributed by atoms with van der Waals surface area (Å²) in [5.74, 6) is 0.556. The highest BCUT2D eigenvalue weighted by Gasteiger charge is 2.15. The number of nitrogens with one attached hydrogen (secondary N) is 3. The Kier molecular flexibility index (Phi) is 6.27. The normalized spacial score (nSPS) is 15.5. The van der Waals surface area contributed by atoms with Crippen molar-refractivity contribution in [3.05, 3.63) is 18.3 Å². The molecule has 2 amide bonds. The number of anilines is 2. The fourth-order valence-corrected chi connectivity index (χ4v) is 2.45. The molecule has 6 nitrogen and oxygen atoms in total. The first-order valence-corrected chi connectivity index (χ1v) is 7.54. The van der Waals surface area contributed by atoms with Gasteiger partial charge in [0.25, 0.3) is 0 Å². The summed E-state index contributed by atoms with van der Waals surface area (Å²) in [6.07, 6.45) is 7.52. The Morgan fingerprint density at radius 1 is 1.33 bits per heavy atom. The molecule has 6 heteroatoms. The summed E-state index contributed by atoms with van der Waals surface area (Å²) in [5, 5.41) is 8.95. The minimum atomic E-state index is -0.172. The van der Waals surface area contributed by atoms with E-state index < -0.39 is 0 Å². The summed E-state index contributed by atoms with van der Waals surface area (Å²) in [4.78, 5) is 16.1. The number of hydrogen-bond acceptors (Lipinski definition) is 4. The van der Waals surface area contributed by atoms with Crippen molar-refractivity contribution in [2.45, 2.75) is 38.1 Å². The van der Waals surface area contributed by atoms with Crippen LogP contribution in [-0.4, -0.2) is 37.3 Å². The highest BCUT2D eigenvalue weighted by Crippen LogP contribution is 2.17. The quantitative estimate of drug-likeness (QED) is 0.704. The molecule has 1 aliphatic rings. The molecule has 1 fully saturated rings. The third kappa shape index (κ3) is 5.59. The molecule has 2 rings (SSSR count). The summed E-state index contributed by atoms with van der Waals surface area (Å²) in [6, 6.07) is 3.80. The van der Waals surface area contributed by atoms with Crippen molar-refractivity contribution >= 4 is 17.5 Å². The lowest BCUT2D eigenvalue weighted by Gasteiger charge is -2.22. The highest BCUT2D eigenvalue weighted by atomic mass is 16.5. The molecule has 0 saturated heterocycles. The summed E-state index contributed by atoms with van der Waals surface area (Å²) >= 11 is 0. The van der Waals surface area contributed by atoms with Crippen LogP contribution in [0.5, 0.6) is 0 Å². The standard InChI is InChI=1S/C15H24N4O2/c1-21-10-9-16-13-7-8-14(17-11-13)19-15(20)18-12-5-3-2-4-6-12/h7-8,11-12,16H,2-6,9-10H2,1H3,(H2,17,18,19,20). The van der Waals surface area contributed by atoms with Crippen LogP contribution in [0.2, 0.25) is 0 Å². The summed E-state index contributed by atoms with van der Waals surface area (Å²) in [7, 11) is 1.66. The lowest BCUT2D eigenvalue weighted by molar-refractivity contribution is 0.211. The van der Waals surface area contributed by atoms with Crippen molar-refractivity contribution < 1.29 is 9.53 Å². The average Bonchev–Trinajstić information content (AvgIpc) is 2.50. The predicted octanol–water partition coefficient (Wildman–Crippen LogP) is 2.59. The minimum Gasteiger partial charge on any atom is -0.383 e. The van der Waals surface area contributed by atoms with Crippen LogP contribution in [0.3, 0.4) is 0 Å². The second-order valence-corrected chi connectivity index (χ2v) is 5.29. The smallest absolute Gasteiger partial charge is 0.320 e. The SMILES string of the molecule is COCCNc1ccc(NC(=O)NC2CCCCC2)nc1. The Hall–Kier alpha value is -1.82. The number of urea groups is 1. The predicted molar refractivity (Wildman–Crippen MR) is 83.6 cm³/mol. The van der Waals surface area contributed by atoms with Crippen LogP contribution < -0.4 is 16.0 Å². The van der Waals surface area contributed by atoms with E-state index in [1.54, 1.807) is 19.4 Å². The van der Waals surface area contributed by atoms with Crippen LogP contribution in [0.25, 0.3) is 0 Å². The first-order chi connectivity index (χ1) is 10.3. The third-order valence-corrected chi connectivity index (χ3v) is 3.58. The Labute approximate surface area is 125 Å². The maximum Gasteiger partial charge on any atom is 0.320 e. The fourth-order valence-electron chi connectivity index (χ4n) is 2.45. The van der Waals surface area contributed by atoms with Gasteiger partial charge in [-0.2, -0.15) is 0 Å². The molecular formula is C15H24N4O2. The highest BCUT2D eigenvalue weighted by molar-refractivity contribution is 5.88. The van der Waals surface area contributed by atoms with Gasteiger partial charge >= 0.3 is 6.03 Å². The first kappa shape index (κ1) is 15.6. The van der Waals surface area contributed by atoms with E-state index in [2.05, 4.69) is 20.9 Å². The number of methoxy groups -OCH3 is 1. The molecule has 0 atom stereocenters. The Morgan fingerprint density at radius 3 is 2.81 bits per heavy atom. The maximum atomic E-state index is 11.9. The number of hydrogen-bond donors (Lipinski definition) is 3. The molecule has 116 valence electrons. The molecule has 0 aromatic carbocycles. The number of aromatic nitrogens is 1. The summed E-state index contributed by atoms with van der Waals surface area (Å²) < 4.78 is 4.96. The third-order valence-electron chi connectivity index (χ3n) is 3.58. The van der Waals surface area contributed by atoms with Crippen molar-refractivity contribution in [3.63, 3.8) is 0 Å². The molecular weight excluding hydrogens is 268 g/mol. The number of nitrogens with zero attached hydrogens (tertiary/aromatic N) is 1. The van der Waals surface area contributed by atoms with Gasteiger partial charge in [0, 0.05) is 19.7 Å². The molecule has 1 aliphatic carbocycles. The molecule has 1 aromatic rings. The number of ether oxygens (including phenoxy) is 1. The van der Waals surface area contributed by atoms with Gasteiger partial charge < -0.3 is 15.4 Å². The molecule has 0 aliphatic heterocycles. The van der Waals surface area contributed by atoms with Crippen molar-refractivity contribution in [2.24, 2.45) is 0 Å². The molecule has 0 bridgehead atoms. The lowest BCUT2D eigenvalue weighted by Crippen LogP contribution is -2.39. The van der Waals surface area contributed by atoms with Crippen LogP contribution in [-0.2, 0) is 4.74 Å². The largest absolute Gasteiger partial charge is 0.383 e. The zero-order chi connectivity index (χ0) is 14.9. The van der Waals surface area contributed by atoms with Crippen LogP contribution in [0.4, 0.5) is 16.3 Å². The van der Waals surface area contributed by atoms with Gasteiger partial charge in [0.1, 0.15) is 5.82 Å². The van der Waals surface area contributed by atoms with Crippen molar-refractivity contribution in [2.75, 3.05) is 30.9 Å². The second kappa shape index (κ2) is 8.46. The summed E-state index contributed by atoms with van der Waals surface area (Å²) in [5.41, 5.74) is 0.908. The van der Waals surface area contributed by atoms with E-state index in [4.69, 9.17) is 4.74 Å². The van der Waals surface area contributed by atoms with Gasteiger partial charge in [-0.15, -0.1) is 0 Å². The number of amides is 2. The van der Waals surface area contributed by atoms with Crippen molar-refractivity contribution in [1.29, 1.82) is 0 Å². The van der Waals surface area contributed by atoms with Gasteiger partial charge in [-0.3, -0.25) is 5.32 Å². The zero-order valence-electron chi connectivity index (χ0n) is 12.5. The van der Waals surface area contributed by atoms with Gasteiger partial charge in [0.05, 0.1) is 18.5 Å². The number of rotatable bonds is 6. The Balaban J connectivity index is 1.75. The molecule has 0 spiro atoms. The van der Waals surface area contributed by atoms with E-state index in [0.29, 0.717) is 18.5 Å². The zero-order valence-corrected chi connectivity index (χ0v) is 12.5. The van der Waals surface area contributed by atoms with Crippen molar-refractivity contribution in [1.82, 2.24) is 10.3 Å². The van der Waals surface area contributed by atoms with Crippen molar-refractivity contribution in [3.8, 4) is 0 Å². The van der Waals surface area contributed by atoms with E-state index in [9.17, 15) is 4.79 Å². The van der Waals surface area contributed by atoms with Crippen LogP contribution in [0.15, 0.2) is 18.3 Å². The minimum absolute atomic E-state index is 0.172. The average molecular weight is 292 g/mol. The fraction of sp³-hybridized carbons (Fsp3) is 0.600. The molecule has 1 saturated carbocycles. The first-order valence-electron chi connectivity index (χ1n) is 7.54. The molecule has 0 unspecified atom stereocenters. The van der Waals surface area contributed by atoms with E-state index in [1.165, 1.54) is 19.3 Å². The number of carbonyl (C=O) groups is 1. The lowest BCUT2D eigenvalue weighted by atomic mass is 9.96. The van der Waals surface area contributed by atoms with E-state index in [1.807, 2.05) is 6.07 Å². The van der Waals surface area contributed by atoms with Gasteiger partial charge in [-0.1, -0.05) is 19.3 Å². The van der Waals surface area contributed by atoms with Crippen LogP contribution >= 0.6 is 0 Å². The molecule has 3 N–H and O–H groups in total. The van der Waals surface area contributed by atoms with Crippen LogP contribution in [0, 0.1) is 0 Å². The Bertz CT molecular complexity index is 430. The van der Waals surface area contributed by atoms with Gasteiger partial charge in [0.2, 0.25) is 0 Å². The molecule has 1 heterocycles. The topological polar surface area (TPSA) is 75.3 Å². The van der Waals surface area contributed by atoms with Gasteiger partial charge in [-0.05, 0) is 25.0 Å². The number of pyridine rings is 1. The van der Waals surface area contributed by atoms with Crippen LogP contribution in [0.1, 0.15) is 32.1 Å². The molecule has 21 heavy (non-hydrogen) atoms. The van der Waals surface area contributed by atoms with E-state index >= 15 is 0 Å². The van der Waals surface area contributed by atoms with Gasteiger partial charge in [-0.25, -0.2) is 9.78 Å². The van der Waals surface area contributed by atoms with E-state index in [0.717, 1.165) is 25.1 Å². The molecule has 0 radical (unpaired) electrons. The van der Waals surface area contributed by atoms with E-state index in [-0.39, 0.29) is 6.03 Å². The Morgan fingerprint density at radius 2 is 2.14 bits per heavy atom. The second-order valence-electron chi connectivity index (χ2n) is 5.29. The maximum absolute atomic E-state index is 11.9.